The predicted molar refractivity (Wildman–Crippen MR) is 85.5 cm³/mol. The van der Waals surface area contributed by atoms with Crippen LogP contribution in [0.3, 0.4) is 0 Å². The van der Waals surface area contributed by atoms with Gasteiger partial charge in [0.05, 0.1) is 5.41 Å². The van der Waals surface area contributed by atoms with E-state index in [9.17, 15) is 14.7 Å². The number of hydrogen-bond acceptors (Lipinski definition) is 5. The molecule has 2 aliphatic heterocycles. The molecule has 4 rings (SSSR count). The maximum absolute atomic E-state index is 12.3. The average molecular weight is 332 g/mol. The van der Waals surface area contributed by atoms with E-state index in [0.717, 1.165) is 18.4 Å². The lowest BCUT2D eigenvalue weighted by molar-refractivity contribution is -0.261. The van der Waals surface area contributed by atoms with Gasteiger partial charge in [0.15, 0.2) is 0 Å². The van der Waals surface area contributed by atoms with E-state index in [-0.39, 0.29) is 29.9 Å². The standard InChI is InChI=1S/C19H24O5/c1-9-11-7-10-5-6-14-18(2,3)16(21)24-17(22)19(14,4)12(10)8-13(11)23-15(9)20/h7,12-14,17,22H,5-6,8H2,1-4H3/t12-,13-,14-,17-,19+/m1/s1. The van der Waals surface area contributed by atoms with Gasteiger partial charge in [-0.15, -0.1) is 0 Å². The van der Waals surface area contributed by atoms with Crippen molar-refractivity contribution in [1.29, 1.82) is 0 Å². The SMILES string of the molecule is CC1=C2C=C3CC[C@@H]4C(C)(C)C(=O)O[C@@H](O)[C@@]4(C)[C@@H]3C[C@H]2OC1=O. The summed E-state index contributed by atoms with van der Waals surface area (Å²) in [5.74, 6) is -0.495. The zero-order valence-corrected chi connectivity index (χ0v) is 14.6. The molecule has 1 saturated heterocycles. The second-order valence-electron chi connectivity index (χ2n) is 8.42. The Morgan fingerprint density at radius 1 is 1.21 bits per heavy atom. The van der Waals surface area contributed by atoms with Gasteiger partial charge in [-0.3, -0.25) is 4.79 Å². The summed E-state index contributed by atoms with van der Waals surface area (Å²) in [4.78, 5) is 24.2. The minimum Gasteiger partial charge on any atom is -0.454 e. The number of carbonyl (C=O) groups excluding carboxylic acids is 2. The number of carbonyl (C=O) groups is 2. The van der Waals surface area contributed by atoms with Crippen molar-refractivity contribution in [2.24, 2.45) is 22.7 Å². The fraction of sp³-hybridized carbons (Fsp3) is 0.684. The van der Waals surface area contributed by atoms with Crippen LogP contribution < -0.4 is 0 Å². The molecule has 1 saturated carbocycles. The highest BCUT2D eigenvalue weighted by molar-refractivity contribution is 5.92. The van der Waals surface area contributed by atoms with E-state index in [1.807, 2.05) is 27.7 Å². The Balaban J connectivity index is 1.79. The molecule has 0 aromatic heterocycles. The number of allylic oxidation sites excluding steroid dienone is 1. The summed E-state index contributed by atoms with van der Waals surface area (Å²) in [6.07, 6.45) is 3.10. The monoisotopic (exact) mass is 332 g/mol. The molecule has 0 amide bonds. The Labute approximate surface area is 141 Å². The van der Waals surface area contributed by atoms with Crippen LogP contribution in [-0.4, -0.2) is 29.4 Å². The molecule has 24 heavy (non-hydrogen) atoms. The van der Waals surface area contributed by atoms with Gasteiger partial charge in [0, 0.05) is 16.6 Å². The molecular formula is C19H24O5. The summed E-state index contributed by atoms with van der Waals surface area (Å²) in [5.41, 5.74) is 1.72. The van der Waals surface area contributed by atoms with Crippen LogP contribution in [0, 0.1) is 22.7 Å². The number of esters is 2. The maximum atomic E-state index is 12.3. The lowest BCUT2D eigenvalue weighted by atomic mass is 9.49. The molecule has 0 unspecified atom stereocenters. The van der Waals surface area contributed by atoms with Gasteiger partial charge < -0.3 is 14.6 Å². The van der Waals surface area contributed by atoms with Gasteiger partial charge in [-0.2, -0.15) is 0 Å². The third kappa shape index (κ3) is 1.79. The van der Waals surface area contributed by atoms with Crippen molar-refractivity contribution < 1.29 is 24.2 Å². The highest BCUT2D eigenvalue weighted by atomic mass is 16.6. The van der Waals surface area contributed by atoms with Crippen LogP contribution in [-0.2, 0) is 19.1 Å². The molecule has 0 aromatic rings. The molecule has 130 valence electrons. The van der Waals surface area contributed by atoms with Crippen LogP contribution in [0.5, 0.6) is 0 Å². The lowest BCUT2D eigenvalue weighted by Crippen LogP contribution is -2.61. The van der Waals surface area contributed by atoms with Gasteiger partial charge in [0.1, 0.15) is 6.10 Å². The van der Waals surface area contributed by atoms with Crippen LogP contribution >= 0.6 is 0 Å². The topological polar surface area (TPSA) is 72.8 Å². The summed E-state index contributed by atoms with van der Waals surface area (Å²) in [6, 6.07) is 0. The van der Waals surface area contributed by atoms with Crippen LogP contribution in [0.1, 0.15) is 47.0 Å². The highest BCUT2D eigenvalue weighted by Crippen LogP contribution is 2.62. The summed E-state index contributed by atoms with van der Waals surface area (Å²) >= 11 is 0. The largest absolute Gasteiger partial charge is 0.454 e. The van der Waals surface area contributed by atoms with Crippen molar-refractivity contribution in [3.63, 3.8) is 0 Å². The first-order valence-electron chi connectivity index (χ1n) is 8.68. The minimum absolute atomic E-state index is 0.0344. The third-order valence-corrected chi connectivity index (χ3v) is 6.95. The molecule has 4 aliphatic rings. The first-order valence-corrected chi connectivity index (χ1v) is 8.68. The number of rotatable bonds is 0. The van der Waals surface area contributed by atoms with E-state index in [2.05, 4.69) is 6.08 Å². The van der Waals surface area contributed by atoms with Gasteiger partial charge in [-0.1, -0.05) is 18.6 Å². The zero-order chi connectivity index (χ0) is 17.4. The Morgan fingerprint density at radius 3 is 2.62 bits per heavy atom. The maximum Gasteiger partial charge on any atom is 0.334 e. The number of fused-ring (bicyclic) bond motifs is 4. The number of aliphatic hydroxyl groups is 1. The number of cyclic esters (lactones) is 1. The molecule has 1 N–H and O–H groups in total. The summed E-state index contributed by atoms with van der Waals surface area (Å²) < 4.78 is 10.9. The molecule has 2 heterocycles. The van der Waals surface area contributed by atoms with E-state index in [4.69, 9.17) is 9.47 Å². The third-order valence-electron chi connectivity index (χ3n) is 6.95. The molecule has 0 spiro atoms. The molecule has 2 fully saturated rings. The van der Waals surface area contributed by atoms with E-state index in [1.54, 1.807) is 0 Å². The normalized spacial score (nSPS) is 43.3. The second-order valence-corrected chi connectivity index (χ2v) is 8.42. The average Bonchev–Trinajstić information content (AvgIpc) is 2.79. The Hall–Kier alpha value is -1.62. The summed E-state index contributed by atoms with van der Waals surface area (Å²) in [6.45, 7) is 7.65. The summed E-state index contributed by atoms with van der Waals surface area (Å²) in [5, 5.41) is 10.7. The Kier molecular flexibility index (Phi) is 3.12. The van der Waals surface area contributed by atoms with Crippen LogP contribution in [0.25, 0.3) is 0 Å². The van der Waals surface area contributed by atoms with Crippen LogP contribution in [0.4, 0.5) is 0 Å². The van der Waals surface area contributed by atoms with Crippen molar-refractivity contribution in [1.82, 2.24) is 0 Å². The molecule has 0 radical (unpaired) electrons. The zero-order valence-electron chi connectivity index (χ0n) is 14.6. The fourth-order valence-corrected chi connectivity index (χ4v) is 5.45. The lowest BCUT2D eigenvalue weighted by Gasteiger charge is -2.58. The van der Waals surface area contributed by atoms with Gasteiger partial charge in [0.25, 0.3) is 0 Å². The van der Waals surface area contributed by atoms with Gasteiger partial charge in [-0.05, 0) is 51.9 Å². The quantitative estimate of drug-likeness (QED) is 0.690. The van der Waals surface area contributed by atoms with Crippen molar-refractivity contribution in [3.8, 4) is 0 Å². The number of ether oxygens (including phenoxy) is 2. The van der Waals surface area contributed by atoms with E-state index in [0.29, 0.717) is 12.0 Å². The second kappa shape index (κ2) is 4.72. The van der Waals surface area contributed by atoms with E-state index < -0.39 is 17.1 Å². The van der Waals surface area contributed by atoms with Gasteiger partial charge >= 0.3 is 11.9 Å². The Morgan fingerprint density at radius 2 is 1.92 bits per heavy atom. The van der Waals surface area contributed by atoms with Crippen LogP contribution in [0.2, 0.25) is 0 Å². The molecule has 5 atom stereocenters. The van der Waals surface area contributed by atoms with Crippen molar-refractivity contribution in [2.45, 2.75) is 59.4 Å². The smallest absolute Gasteiger partial charge is 0.334 e. The van der Waals surface area contributed by atoms with Gasteiger partial charge in [-0.25, -0.2) is 4.79 Å². The molecule has 5 heteroatoms. The molecule has 0 bridgehead atoms. The molecular weight excluding hydrogens is 308 g/mol. The Bertz CT molecular complexity index is 701. The number of aliphatic hydroxyl groups excluding tert-OH is 1. The van der Waals surface area contributed by atoms with Crippen molar-refractivity contribution in [2.75, 3.05) is 0 Å². The van der Waals surface area contributed by atoms with Crippen molar-refractivity contribution >= 4 is 11.9 Å². The highest BCUT2D eigenvalue weighted by Gasteiger charge is 2.63. The summed E-state index contributed by atoms with van der Waals surface area (Å²) in [7, 11) is 0. The first-order chi connectivity index (χ1) is 11.2. The fourth-order valence-electron chi connectivity index (χ4n) is 5.45. The minimum atomic E-state index is -1.12. The van der Waals surface area contributed by atoms with Crippen molar-refractivity contribution in [3.05, 3.63) is 22.8 Å². The molecule has 5 nitrogen and oxygen atoms in total. The molecule has 0 aromatic carbocycles. The first kappa shape index (κ1) is 15.9. The molecule has 2 aliphatic carbocycles. The predicted octanol–water partition coefficient (Wildman–Crippen LogP) is 2.49. The van der Waals surface area contributed by atoms with E-state index >= 15 is 0 Å². The van der Waals surface area contributed by atoms with Crippen LogP contribution in [0.15, 0.2) is 22.8 Å². The number of hydrogen-bond donors (Lipinski definition) is 1. The van der Waals surface area contributed by atoms with E-state index in [1.165, 1.54) is 5.57 Å². The van der Waals surface area contributed by atoms with Gasteiger partial charge in [0.2, 0.25) is 6.29 Å².